The van der Waals surface area contributed by atoms with Gasteiger partial charge in [0, 0.05) is 24.9 Å². The van der Waals surface area contributed by atoms with Crippen molar-refractivity contribution in [3.8, 4) is 11.5 Å². The average Bonchev–Trinajstić information content (AvgIpc) is 2.91. The second-order valence-electron chi connectivity index (χ2n) is 8.81. The number of carboxylic acids is 1. The van der Waals surface area contributed by atoms with Gasteiger partial charge in [-0.05, 0) is 91.4 Å². The molecule has 0 unspecified atom stereocenters. The number of hydrogen-bond donors (Lipinski definition) is 1. The fourth-order valence-electron chi connectivity index (χ4n) is 4.15. The van der Waals surface area contributed by atoms with Gasteiger partial charge in [-0.3, -0.25) is 9.79 Å². The van der Waals surface area contributed by atoms with Crippen molar-refractivity contribution in [2.75, 3.05) is 20.2 Å². The monoisotopic (exact) mass is 486 g/mol. The van der Waals surface area contributed by atoms with Gasteiger partial charge in [0.25, 0.3) is 5.91 Å². The van der Waals surface area contributed by atoms with Crippen molar-refractivity contribution in [2.45, 2.75) is 32.8 Å². The lowest BCUT2D eigenvalue weighted by Gasteiger charge is -2.26. The van der Waals surface area contributed by atoms with Gasteiger partial charge in [0.1, 0.15) is 6.61 Å². The summed E-state index contributed by atoms with van der Waals surface area (Å²) in [5.74, 6) is 0.309. The summed E-state index contributed by atoms with van der Waals surface area (Å²) in [6.07, 6.45) is 5.04. The molecule has 186 valence electrons. The average molecular weight is 487 g/mol. The number of carbonyl (C=O) groups is 2. The van der Waals surface area contributed by atoms with Crippen LogP contribution in [0.3, 0.4) is 0 Å². The molecular formula is C29H30N2O5. The van der Waals surface area contributed by atoms with Crippen molar-refractivity contribution >= 4 is 23.8 Å². The molecular weight excluding hydrogens is 456 g/mol. The summed E-state index contributed by atoms with van der Waals surface area (Å²) < 4.78 is 11.5. The topological polar surface area (TPSA) is 88.4 Å². The number of aromatic carboxylic acids is 1. The molecule has 1 saturated heterocycles. The van der Waals surface area contributed by atoms with Crippen LogP contribution in [-0.4, -0.2) is 48.3 Å². The summed E-state index contributed by atoms with van der Waals surface area (Å²) in [5, 5.41) is 9.11. The summed E-state index contributed by atoms with van der Waals surface area (Å²) >= 11 is 0. The van der Waals surface area contributed by atoms with Crippen LogP contribution in [0.2, 0.25) is 0 Å². The van der Waals surface area contributed by atoms with E-state index in [4.69, 9.17) is 14.6 Å². The van der Waals surface area contributed by atoms with E-state index in [9.17, 15) is 9.59 Å². The first-order valence-electron chi connectivity index (χ1n) is 12.0. The van der Waals surface area contributed by atoms with Crippen LogP contribution in [0.5, 0.6) is 11.5 Å². The standard InChI is InChI=1S/C29H30N2O5/c1-20-16-24(29(33)34)11-12-25(20)30-18-22-8-13-26(27(17-22)35-2)36-19-21-6-9-23(10-7-21)28(32)31-14-4-3-5-15-31/h6-13,16-18H,3-5,14-15,19H2,1-2H3,(H,33,34). The molecule has 0 aromatic heterocycles. The molecule has 1 N–H and O–H groups in total. The largest absolute Gasteiger partial charge is 0.493 e. The first kappa shape index (κ1) is 25.0. The summed E-state index contributed by atoms with van der Waals surface area (Å²) in [7, 11) is 1.58. The first-order valence-corrected chi connectivity index (χ1v) is 12.0. The maximum Gasteiger partial charge on any atom is 0.335 e. The van der Waals surface area contributed by atoms with Gasteiger partial charge in [0.05, 0.1) is 18.4 Å². The quantitative estimate of drug-likeness (QED) is 0.415. The first-order chi connectivity index (χ1) is 17.4. The van der Waals surface area contributed by atoms with Crippen LogP contribution in [-0.2, 0) is 6.61 Å². The second kappa shape index (κ2) is 11.5. The Morgan fingerprint density at radius 2 is 1.67 bits per heavy atom. The molecule has 0 saturated carbocycles. The van der Waals surface area contributed by atoms with Crippen LogP contribution < -0.4 is 9.47 Å². The third-order valence-electron chi connectivity index (χ3n) is 6.22. The van der Waals surface area contributed by atoms with Crippen molar-refractivity contribution < 1.29 is 24.2 Å². The molecule has 1 heterocycles. The molecule has 3 aromatic rings. The molecule has 1 fully saturated rings. The lowest BCUT2D eigenvalue weighted by Crippen LogP contribution is -2.35. The molecule has 1 aliphatic rings. The number of hydrogen-bond acceptors (Lipinski definition) is 5. The van der Waals surface area contributed by atoms with Crippen LogP contribution in [0, 0.1) is 6.92 Å². The third-order valence-corrected chi connectivity index (χ3v) is 6.22. The molecule has 0 bridgehead atoms. The number of benzene rings is 3. The van der Waals surface area contributed by atoms with Gasteiger partial charge >= 0.3 is 5.97 Å². The summed E-state index contributed by atoms with van der Waals surface area (Å²) in [4.78, 5) is 30.2. The van der Waals surface area contributed by atoms with Crippen LogP contribution >= 0.6 is 0 Å². The van der Waals surface area contributed by atoms with E-state index >= 15 is 0 Å². The van der Waals surface area contributed by atoms with Gasteiger partial charge in [-0.15, -0.1) is 0 Å². The lowest BCUT2D eigenvalue weighted by atomic mass is 10.1. The number of carbonyl (C=O) groups excluding carboxylic acids is 1. The predicted octanol–water partition coefficient (Wildman–Crippen LogP) is 5.66. The molecule has 0 radical (unpaired) electrons. The lowest BCUT2D eigenvalue weighted by molar-refractivity contribution is 0.0694. The van der Waals surface area contributed by atoms with Crippen molar-refractivity contribution in [3.05, 3.63) is 88.5 Å². The Morgan fingerprint density at radius 1 is 0.944 bits per heavy atom. The number of aryl methyl sites for hydroxylation is 1. The fourth-order valence-corrected chi connectivity index (χ4v) is 4.15. The molecule has 1 aliphatic heterocycles. The number of rotatable bonds is 8. The molecule has 0 aliphatic carbocycles. The fraction of sp³-hybridized carbons (Fsp3) is 0.276. The van der Waals surface area contributed by atoms with E-state index < -0.39 is 5.97 Å². The number of aliphatic imine (C=N–C) groups is 1. The normalized spacial score (nSPS) is 13.6. The highest BCUT2D eigenvalue weighted by Crippen LogP contribution is 2.29. The predicted molar refractivity (Wildman–Crippen MR) is 139 cm³/mol. The molecule has 7 nitrogen and oxygen atoms in total. The van der Waals surface area contributed by atoms with Crippen LogP contribution in [0.4, 0.5) is 5.69 Å². The Bertz CT molecular complexity index is 1260. The Labute approximate surface area is 211 Å². The van der Waals surface area contributed by atoms with E-state index in [2.05, 4.69) is 4.99 Å². The maximum absolute atomic E-state index is 12.7. The molecule has 3 aromatic carbocycles. The number of likely N-dealkylation sites (tertiary alicyclic amines) is 1. The van der Waals surface area contributed by atoms with E-state index in [1.165, 1.54) is 12.5 Å². The Balaban J connectivity index is 1.39. The number of nitrogens with zero attached hydrogens (tertiary/aromatic N) is 2. The SMILES string of the molecule is COc1cc(C=Nc2ccc(C(=O)O)cc2C)ccc1OCc1ccc(C(=O)N2CCCCC2)cc1. The zero-order valence-electron chi connectivity index (χ0n) is 20.6. The maximum atomic E-state index is 12.7. The summed E-state index contributed by atoms with van der Waals surface area (Å²) in [6.45, 7) is 3.84. The summed E-state index contributed by atoms with van der Waals surface area (Å²) in [5.41, 5.74) is 4.19. The van der Waals surface area contributed by atoms with Crippen LogP contribution in [0.15, 0.2) is 65.7 Å². The number of piperidine rings is 1. The smallest absolute Gasteiger partial charge is 0.335 e. The van der Waals surface area contributed by atoms with Gasteiger partial charge in [0.15, 0.2) is 11.5 Å². The zero-order valence-corrected chi connectivity index (χ0v) is 20.6. The molecule has 0 atom stereocenters. The van der Waals surface area contributed by atoms with Gasteiger partial charge in [-0.1, -0.05) is 12.1 Å². The zero-order chi connectivity index (χ0) is 25.5. The van der Waals surface area contributed by atoms with Crippen molar-refractivity contribution in [1.82, 2.24) is 4.90 Å². The van der Waals surface area contributed by atoms with E-state index in [1.807, 2.05) is 54.3 Å². The Hall–Kier alpha value is -4.13. The summed E-state index contributed by atoms with van der Waals surface area (Å²) in [6, 6.07) is 17.9. The van der Waals surface area contributed by atoms with Crippen LogP contribution in [0.25, 0.3) is 0 Å². The third kappa shape index (κ3) is 6.10. The molecule has 0 spiro atoms. The minimum absolute atomic E-state index is 0.0918. The van der Waals surface area contributed by atoms with E-state index in [-0.39, 0.29) is 11.5 Å². The van der Waals surface area contributed by atoms with Gasteiger partial charge < -0.3 is 19.5 Å². The van der Waals surface area contributed by atoms with Gasteiger partial charge in [-0.25, -0.2) is 4.79 Å². The van der Waals surface area contributed by atoms with Crippen molar-refractivity contribution in [1.29, 1.82) is 0 Å². The molecule has 4 rings (SSSR count). The highest BCUT2D eigenvalue weighted by atomic mass is 16.5. The highest BCUT2D eigenvalue weighted by molar-refractivity contribution is 5.94. The van der Waals surface area contributed by atoms with Crippen molar-refractivity contribution in [3.63, 3.8) is 0 Å². The Morgan fingerprint density at radius 3 is 2.33 bits per heavy atom. The minimum Gasteiger partial charge on any atom is -0.493 e. The van der Waals surface area contributed by atoms with Gasteiger partial charge in [0.2, 0.25) is 0 Å². The number of ether oxygens (including phenoxy) is 2. The van der Waals surface area contributed by atoms with E-state index in [0.29, 0.717) is 29.4 Å². The minimum atomic E-state index is -0.962. The second-order valence-corrected chi connectivity index (χ2v) is 8.81. The van der Waals surface area contributed by atoms with Crippen molar-refractivity contribution in [2.24, 2.45) is 4.99 Å². The molecule has 36 heavy (non-hydrogen) atoms. The Kier molecular flexibility index (Phi) is 8.00. The highest BCUT2D eigenvalue weighted by Gasteiger charge is 2.18. The van der Waals surface area contributed by atoms with E-state index in [1.54, 1.807) is 25.5 Å². The number of methoxy groups -OCH3 is 1. The number of carboxylic acid groups (broad SMARTS) is 1. The molecule has 7 heteroatoms. The molecule has 1 amide bonds. The number of amides is 1. The van der Waals surface area contributed by atoms with Gasteiger partial charge in [-0.2, -0.15) is 0 Å². The van der Waals surface area contributed by atoms with E-state index in [0.717, 1.165) is 42.6 Å². The van der Waals surface area contributed by atoms with Crippen LogP contribution in [0.1, 0.15) is 56.7 Å².